The van der Waals surface area contributed by atoms with Gasteiger partial charge in [-0.15, -0.1) is 0 Å². The molecule has 0 bridgehead atoms. The lowest BCUT2D eigenvalue weighted by atomic mass is 9.94. The molecule has 0 spiro atoms. The van der Waals surface area contributed by atoms with Crippen molar-refractivity contribution in [3.05, 3.63) is 11.8 Å². The van der Waals surface area contributed by atoms with Gasteiger partial charge < -0.3 is 15.1 Å². The summed E-state index contributed by atoms with van der Waals surface area (Å²) in [5.74, 6) is 0.475. The van der Waals surface area contributed by atoms with Crippen molar-refractivity contribution in [3.63, 3.8) is 0 Å². The lowest BCUT2D eigenvalue weighted by molar-refractivity contribution is -0.131. The minimum absolute atomic E-state index is 0.0740. The largest absolute Gasteiger partial charge is 0.394 e. The average Bonchev–Trinajstić information content (AvgIpc) is 2.83. The second kappa shape index (κ2) is 23.9. The fourth-order valence-electron chi connectivity index (χ4n) is 4.58. The van der Waals surface area contributed by atoms with E-state index in [1.54, 1.807) is 4.90 Å². The molecule has 1 amide bonds. The van der Waals surface area contributed by atoms with Crippen LogP contribution in [0, 0.1) is 5.92 Å². The van der Waals surface area contributed by atoms with E-state index in [4.69, 9.17) is 0 Å². The molecule has 4 heteroatoms. The highest BCUT2D eigenvalue weighted by Crippen LogP contribution is 2.20. The first-order valence-electron chi connectivity index (χ1n) is 14.7. The van der Waals surface area contributed by atoms with Crippen LogP contribution in [0.15, 0.2) is 11.8 Å². The molecule has 0 aromatic rings. The average molecular weight is 482 g/mol. The molecule has 0 aliphatic heterocycles. The standard InChI is InChI=1S/C30H59NO3/c1-5-8-10-11-12-13-14-15-16-17-18-20-21-27(4)24-31(25-29(33)26-32)30(34)23-28(7-3)22-19-9-6-2/h24,28-29,32-33H,5-23,25-26H2,1-4H3. The van der Waals surface area contributed by atoms with Gasteiger partial charge >= 0.3 is 0 Å². The third kappa shape index (κ3) is 19.4. The van der Waals surface area contributed by atoms with Crippen LogP contribution in [0.3, 0.4) is 0 Å². The molecular weight excluding hydrogens is 422 g/mol. The van der Waals surface area contributed by atoms with E-state index >= 15 is 0 Å². The molecule has 2 unspecified atom stereocenters. The molecule has 0 saturated carbocycles. The van der Waals surface area contributed by atoms with Crippen molar-refractivity contribution in [2.24, 2.45) is 5.92 Å². The summed E-state index contributed by atoms with van der Waals surface area (Å²) < 4.78 is 0. The summed E-state index contributed by atoms with van der Waals surface area (Å²) in [7, 11) is 0. The van der Waals surface area contributed by atoms with Crippen molar-refractivity contribution in [1.82, 2.24) is 4.90 Å². The number of allylic oxidation sites excluding steroid dienone is 1. The second-order valence-corrected chi connectivity index (χ2v) is 10.5. The fourth-order valence-corrected chi connectivity index (χ4v) is 4.58. The van der Waals surface area contributed by atoms with Gasteiger partial charge in [-0.3, -0.25) is 4.79 Å². The van der Waals surface area contributed by atoms with Gasteiger partial charge in [-0.05, 0) is 32.1 Å². The molecule has 0 aromatic carbocycles. The molecule has 0 aromatic heterocycles. The molecule has 2 N–H and O–H groups in total. The van der Waals surface area contributed by atoms with Crippen molar-refractivity contribution >= 4 is 5.91 Å². The molecule has 0 aliphatic rings. The monoisotopic (exact) mass is 481 g/mol. The summed E-state index contributed by atoms with van der Waals surface area (Å²) in [6.45, 7) is 8.58. The summed E-state index contributed by atoms with van der Waals surface area (Å²) in [6.07, 6.45) is 24.3. The summed E-state index contributed by atoms with van der Waals surface area (Å²) in [6, 6.07) is 0. The number of aliphatic hydroxyl groups excluding tert-OH is 2. The summed E-state index contributed by atoms with van der Waals surface area (Å²) in [5.41, 5.74) is 1.18. The van der Waals surface area contributed by atoms with Gasteiger partial charge in [-0.1, -0.05) is 123 Å². The SMILES string of the molecule is CCCCCCCCCCCCCCC(C)=CN(CC(O)CO)C(=O)CC(CC)CCCCC. The maximum atomic E-state index is 13.0. The number of hydrogen-bond acceptors (Lipinski definition) is 3. The first-order chi connectivity index (χ1) is 16.5. The van der Waals surface area contributed by atoms with Crippen LogP contribution in [0.5, 0.6) is 0 Å². The van der Waals surface area contributed by atoms with E-state index in [9.17, 15) is 15.0 Å². The van der Waals surface area contributed by atoms with Crippen molar-refractivity contribution in [3.8, 4) is 0 Å². The number of amides is 1. The Kier molecular flexibility index (Phi) is 23.2. The normalized spacial score (nSPS) is 13.8. The zero-order valence-corrected chi connectivity index (χ0v) is 23.3. The van der Waals surface area contributed by atoms with E-state index in [2.05, 4.69) is 27.7 Å². The van der Waals surface area contributed by atoms with Gasteiger partial charge in [0, 0.05) is 12.6 Å². The quantitative estimate of drug-likeness (QED) is 0.137. The van der Waals surface area contributed by atoms with Gasteiger partial charge in [0.2, 0.25) is 5.91 Å². The summed E-state index contributed by atoms with van der Waals surface area (Å²) in [5, 5.41) is 19.3. The van der Waals surface area contributed by atoms with Crippen LogP contribution in [-0.4, -0.2) is 40.3 Å². The lowest BCUT2D eigenvalue weighted by Gasteiger charge is -2.24. The summed E-state index contributed by atoms with van der Waals surface area (Å²) >= 11 is 0. The zero-order valence-electron chi connectivity index (χ0n) is 23.3. The first kappa shape index (κ1) is 33.1. The van der Waals surface area contributed by atoms with E-state index in [-0.39, 0.29) is 19.1 Å². The van der Waals surface area contributed by atoms with E-state index < -0.39 is 6.10 Å². The smallest absolute Gasteiger partial charge is 0.226 e. The number of carbonyl (C=O) groups excluding carboxylic acids is 1. The molecule has 0 saturated heterocycles. The van der Waals surface area contributed by atoms with Gasteiger partial charge in [-0.25, -0.2) is 0 Å². The molecule has 4 nitrogen and oxygen atoms in total. The number of rotatable bonds is 24. The molecule has 0 fully saturated rings. The van der Waals surface area contributed by atoms with Crippen LogP contribution in [-0.2, 0) is 4.79 Å². The predicted molar refractivity (Wildman–Crippen MR) is 147 cm³/mol. The zero-order chi connectivity index (χ0) is 25.4. The minimum Gasteiger partial charge on any atom is -0.394 e. The number of aliphatic hydroxyl groups is 2. The third-order valence-electron chi connectivity index (χ3n) is 7.00. The molecule has 0 heterocycles. The lowest BCUT2D eigenvalue weighted by Crippen LogP contribution is -2.36. The topological polar surface area (TPSA) is 60.8 Å². The number of unbranched alkanes of at least 4 members (excludes halogenated alkanes) is 13. The van der Waals surface area contributed by atoms with Gasteiger partial charge in [0.25, 0.3) is 0 Å². The van der Waals surface area contributed by atoms with Crippen molar-refractivity contribution in [1.29, 1.82) is 0 Å². The number of carbonyl (C=O) groups is 1. The Balaban J connectivity index is 4.31. The maximum absolute atomic E-state index is 13.0. The minimum atomic E-state index is -0.889. The van der Waals surface area contributed by atoms with Gasteiger partial charge in [0.15, 0.2) is 0 Å². The first-order valence-corrected chi connectivity index (χ1v) is 14.7. The van der Waals surface area contributed by atoms with Gasteiger partial charge in [-0.2, -0.15) is 0 Å². The van der Waals surface area contributed by atoms with Crippen LogP contribution in [0.2, 0.25) is 0 Å². The number of nitrogens with zero attached hydrogens (tertiary/aromatic N) is 1. The van der Waals surface area contributed by atoms with Crippen molar-refractivity contribution in [2.45, 2.75) is 156 Å². The highest BCUT2D eigenvalue weighted by atomic mass is 16.3. The second-order valence-electron chi connectivity index (χ2n) is 10.5. The Bertz CT molecular complexity index is 491. The number of hydrogen-bond donors (Lipinski definition) is 2. The Morgan fingerprint density at radius 3 is 1.79 bits per heavy atom. The molecule has 0 radical (unpaired) electrons. The van der Waals surface area contributed by atoms with Gasteiger partial charge in [0.05, 0.1) is 19.3 Å². The van der Waals surface area contributed by atoms with Crippen LogP contribution in [0.25, 0.3) is 0 Å². The van der Waals surface area contributed by atoms with E-state index in [1.807, 2.05) is 6.20 Å². The highest BCUT2D eigenvalue weighted by molar-refractivity contribution is 5.77. The fraction of sp³-hybridized carbons (Fsp3) is 0.900. The maximum Gasteiger partial charge on any atom is 0.226 e. The van der Waals surface area contributed by atoms with Crippen molar-refractivity contribution < 1.29 is 15.0 Å². The molecule has 2 atom stereocenters. The highest BCUT2D eigenvalue weighted by Gasteiger charge is 2.19. The Labute approximate surface area is 212 Å². The van der Waals surface area contributed by atoms with Gasteiger partial charge in [0.1, 0.15) is 0 Å². The molecule has 34 heavy (non-hydrogen) atoms. The van der Waals surface area contributed by atoms with Crippen LogP contribution in [0.1, 0.15) is 150 Å². The van der Waals surface area contributed by atoms with E-state index in [1.165, 1.54) is 95.5 Å². The molecular formula is C30H59NO3. The Morgan fingerprint density at radius 2 is 1.29 bits per heavy atom. The van der Waals surface area contributed by atoms with Crippen LogP contribution >= 0.6 is 0 Å². The van der Waals surface area contributed by atoms with Crippen molar-refractivity contribution in [2.75, 3.05) is 13.2 Å². The predicted octanol–water partition coefficient (Wildman–Crippen LogP) is 8.16. The van der Waals surface area contributed by atoms with Crippen LogP contribution in [0.4, 0.5) is 0 Å². The Hall–Kier alpha value is -0.870. The summed E-state index contributed by atoms with van der Waals surface area (Å²) in [4.78, 5) is 14.7. The van der Waals surface area contributed by atoms with Crippen LogP contribution < -0.4 is 0 Å². The third-order valence-corrected chi connectivity index (χ3v) is 7.00. The van der Waals surface area contributed by atoms with E-state index in [0.717, 1.165) is 25.7 Å². The molecule has 0 aliphatic carbocycles. The van der Waals surface area contributed by atoms with E-state index in [0.29, 0.717) is 12.3 Å². The molecule has 202 valence electrons. The molecule has 0 rings (SSSR count). The Morgan fingerprint density at radius 1 is 0.794 bits per heavy atom.